The second-order valence-corrected chi connectivity index (χ2v) is 6.67. The summed E-state index contributed by atoms with van der Waals surface area (Å²) in [6.07, 6.45) is 3.51. The Morgan fingerprint density at radius 1 is 1.04 bits per heavy atom. The SMILES string of the molecule is CCN1C(=O)[C@@](O)(CC(=O)c2cccc(-n3cccc3)c2)c2ccccc21. The number of likely N-dealkylation sites (N-methyl/N-ethyl adjacent to an activating group) is 1. The van der Waals surface area contributed by atoms with E-state index >= 15 is 0 Å². The smallest absolute Gasteiger partial charge is 0.264 e. The van der Waals surface area contributed by atoms with Crippen molar-refractivity contribution in [3.63, 3.8) is 0 Å². The molecule has 2 heterocycles. The first-order valence-electron chi connectivity index (χ1n) is 8.95. The lowest BCUT2D eigenvalue weighted by Gasteiger charge is -2.22. The van der Waals surface area contributed by atoms with E-state index in [1.165, 1.54) is 4.90 Å². The molecule has 5 nitrogen and oxygen atoms in total. The Morgan fingerprint density at radius 3 is 2.52 bits per heavy atom. The van der Waals surface area contributed by atoms with Crippen LogP contribution in [0.3, 0.4) is 0 Å². The molecule has 0 saturated heterocycles. The minimum absolute atomic E-state index is 0.271. The quantitative estimate of drug-likeness (QED) is 0.710. The minimum Gasteiger partial charge on any atom is -0.375 e. The van der Waals surface area contributed by atoms with E-state index in [0.29, 0.717) is 23.4 Å². The van der Waals surface area contributed by atoms with Gasteiger partial charge in [0.1, 0.15) is 0 Å². The molecule has 0 aliphatic carbocycles. The summed E-state index contributed by atoms with van der Waals surface area (Å²) in [7, 11) is 0. The Morgan fingerprint density at radius 2 is 1.78 bits per heavy atom. The molecule has 1 aliphatic rings. The number of aliphatic hydroxyl groups is 1. The molecular formula is C22H20N2O3. The second kappa shape index (κ2) is 6.52. The molecule has 0 saturated carbocycles. The number of anilines is 1. The number of aromatic nitrogens is 1. The zero-order valence-corrected chi connectivity index (χ0v) is 15.0. The van der Waals surface area contributed by atoms with Crippen molar-refractivity contribution < 1.29 is 14.7 Å². The maximum Gasteiger partial charge on any atom is 0.264 e. The summed E-state index contributed by atoms with van der Waals surface area (Å²) in [6, 6.07) is 18.1. The molecule has 1 atom stereocenters. The van der Waals surface area contributed by atoms with Crippen molar-refractivity contribution >= 4 is 17.4 Å². The van der Waals surface area contributed by atoms with Gasteiger partial charge in [-0.2, -0.15) is 0 Å². The van der Waals surface area contributed by atoms with Gasteiger partial charge < -0.3 is 14.6 Å². The van der Waals surface area contributed by atoms with E-state index in [1.807, 2.05) is 48.1 Å². The highest BCUT2D eigenvalue weighted by Crippen LogP contribution is 2.42. The van der Waals surface area contributed by atoms with Gasteiger partial charge in [-0.1, -0.05) is 30.3 Å². The molecule has 1 aromatic heterocycles. The Labute approximate surface area is 157 Å². The van der Waals surface area contributed by atoms with Gasteiger partial charge in [0.2, 0.25) is 0 Å². The van der Waals surface area contributed by atoms with Crippen molar-refractivity contribution in [1.82, 2.24) is 4.57 Å². The molecule has 27 heavy (non-hydrogen) atoms. The van der Waals surface area contributed by atoms with Crippen LogP contribution in [-0.4, -0.2) is 27.9 Å². The molecule has 0 unspecified atom stereocenters. The van der Waals surface area contributed by atoms with Gasteiger partial charge >= 0.3 is 0 Å². The van der Waals surface area contributed by atoms with Crippen molar-refractivity contribution in [2.75, 3.05) is 11.4 Å². The average molecular weight is 360 g/mol. The number of carbonyl (C=O) groups excluding carboxylic acids is 2. The summed E-state index contributed by atoms with van der Waals surface area (Å²) in [4.78, 5) is 27.3. The molecule has 0 fully saturated rings. The highest BCUT2D eigenvalue weighted by molar-refractivity contribution is 6.10. The predicted molar refractivity (Wildman–Crippen MR) is 103 cm³/mol. The highest BCUT2D eigenvalue weighted by Gasteiger charge is 2.50. The number of rotatable bonds is 5. The minimum atomic E-state index is -1.83. The number of carbonyl (C=O) groups is 2. The molecule has 0 bridgehead atoms. The Hall–Kier alpha value is -3.18. The van der Waals surface area contributed by atoms with Gasteiger partial charge in [-0.15, -0.1) is 0 Å². The summed E-state index contributed by atoms with van der Waals surface area (Å²) in [5, 5.41) is 11.2. The molecule has 1 amide bonds. The van der Waals surface area contributed by atoms with Crippen LogP contribution in [-0.2, 0) is 10.4 Å². The third-order valence-corrected chi connectivity index (χ3v) is 5.04. The molecule has 3 aromatic rings. The van der Waals surface area contributed by atoms with Crippen LogP contribution >= 0.6 is 0 Å². The molecule has 1 aliphatic heterocycles. The number of ketones is 1. The van der Waals surface area contributed by atoms with E-state index < -0.39 is 11.5 Å². The van der Waals surface area contributed by atoms with Crippen LogP contribution in [0.4, 0.5) is 5.69 Å². The molecule has 4 rings (SSSR count). The first kappa shape index (κ1) is 17.2. The summed E-state index contributed by atoms with van der Waals surface area (Å²) < 4.78 is 1.90. The number of hydrogen-bond acceptors (Lipinski definition) is 3. The molecule has 136 valence electrons. The van der Waals surface area contributed by atoms with E-state index in [9.17, 15) is 14.7 Å². The lowest BCUT2D eigenvalue weighted by Crippen LogP contribution is -2.41. The van der Waals surface area contributed by atoms with Crippen LogP contribution in [0.25, 0.3) is 5.69 Å². The summed E-state index contributed by atoms with van der Waals surface area (Å²) in [6.45, 7) is 2.29. The van der Waals surface area contributed by atoms with Crippen molar-refractivity contribution in [2.24, 2.45) is 0 Å². The monoisotopic (exact) mass is 360 g/mol. The number of hydrogen-bond donors (Lipinski definition) is 1. The van der Waals surface area contributed by atoms with E-state index in [-0.39, 0.29) is 12.2 Å². The molecule has 0 radical (unpaired) electrons. The van der Waals surface area contributed by atoms with Crippen molar-refractivity contribution in [3.05, 3.63) is 84.2 Å². The molecular weight excluding hydrogens is 340 g/mol. The molecule has 5 heteroatoms. The van der Waals surface area contributed by atoms with Crippen LogP contribution in [0.1, 0.15) is 29.3 Å². The molecule has 0 spiro atoms. The van der Waals surface area contributed by atoms with Crippen molar-refractivity contribution in [1.29, 1.82) is 0 Å². The summed E-state index contributed by atoms with van der Waals surface area (Å²) in [5.74, 6) is -0.714. The first-order chi connectivity index (χ1) is 13.0. The second-order valence-electron chi connectivity index (χ2n) is 6.67. The van der Waals surface area contributed by atoms with Gasteiger partial charge in [0.25, 0.3) is 5.91 Å². The number of nitrogens with zero attached hydrogens (tertiary/aromatic N) is 2. The fourth-order valence-corrected chi connectivity index (χ4v) is 3.67. The fourth-order valence-electron chi connectivity index (χ4n) is 3.67. The predicted octanol–water partition coefficient (Wildman–Crippen LogP) is 3.30. The van der Waals surface area contributed by atoms with Gasteiger partial charge in [-0.3, -0.25) is 9.59 Å². The van der Waals surface area contributed by atoms with E-state index in [4.69, 9.17) is 0 Å². The lowest BCUT2D eigenvalue weighted by atomic mass is 9.88. The van der Waals surface area contributed by atoms with Crippen molar-refractivity contribution in [2.45, 2.75) is 18.9 Å². The number of para-hydroxylation sites is 1. The van der Waals surface area contributed by atoms with E-state index in [1.54, 1.807) is 36.4 Å². The average Bonchev–Trinajstić information content (AvgIpc) is 3.29. The first-order valence-corrected chi connectivity index (χ1v) is 8.95. The van der Waals surface area contributed by atoms with Gasteiger partial charge in [0.15, 0.2) is 11.4 Å². The lowest BCUT2D eigenvalue weighted by molar-refractivity contribution is -0.135. The standard InChI is InChI=1S/C22H20N2O3/c1-2-24-19-11-4-3-10-18(19)22(27,21(24)26)15-20(25)16-8-7-9-17(14-16)23-12-5-6-13-23/h3-14,27H,2,15H2,1H3/t22-/m1/s1. The van der Waals surface area contributed by atoms with Crippen molar-refractivity contribution in [3.8, 4) is 5.69 Å². The number of Topliss-reactive ketones (excluding diaryl/α,β-unsaturated/α-hetero) is 1. The highest BCUT2D eigenvalue weighted by atomic mass is 16.3. The van der Waals surface area contributed by atoms with Crippen LogP contribution in [0.15, 0.2) is 73.1 Å². The van der Waals surface area contributed by atoms with Gasteiger partial charge in [0.05, 0.1) is 12.1 Å². The van der Waals surface area contributed by atoms with E-state index in [0.717, 1.165) is 5.69 Å². The van der Waals surface area contributed by atoms with Gasteiger partial charge in [-0.05, 0) is 37.3 Å². The number of benzene rings is 2. The number of amides is 1. The van der Waals surface area contributed by atoms with Crippen LogP contribution < -0.4 is 4.90 Å². The number of fused-ring (bicyclic) bond motifs is 1. The molecule has 1 N–H and O–H groups in total. The maximum absolute atomic E-state index is 12.9. The zero-order valence-electron chi connectivity index (χ0n) is 15.0. The molecule has 2 aromatic carbocycles. The Bertz CT molecular complexity index is 1010. The normalized spacial score (nSPS) is 18.6. The topological polar surface area (TPSA) is 62.5 Å². The Balaban J connectivity index is 1.67. The van der Waals surface area contributed by atoms with Gasteiger partial charge in [0, 0.05) is 35.8 Å². The van der Waals surface area contributed by atoms with Crippen LogP contribution in [0, 0.1) is 0 Å². The Kier molecular flexibility index (Phi) is 4.16. The zero-order chi connectivity index (χ0) is 19.0. The third-order valence-electron chi connectivity index (χ3n) is 5.04. The maximum atomic E-state index is 12.9. The third kappa shape index (κ3) is 2.76. The van der Waals surface area contributed by atoms with Crippen LogP contribution in [0.5, 0.6) is 0 Å². The van der Waals surface area contributed by atoms with E-state index in [2.05, 4.69) is 0 Å². The fraction of sp³-hybridized carbons (Fsp3) is 0.182. The summed E-state index contributed by atoms with van der Waals surface area (Å²) in [5.41, 5.74) is 0.654. The van der Waals surface area contributed by atoms with Crippen LogP contribution in [0.2, 0.25) is 0 Å². The largest absolute Gasteiger partial charge is 0.375 e. The van der Waals surface area contributed by atoms with Gasteiger partial charge in [-0.25, -0.2) is 0 Å². The summed E-state index contributed by atoms with van der Waals surface area (Å²) >= 11 is 0.